The van der Waals surface area contributed by atoms with E-state index in [1.807, 2.05) is 0 Å². The molecule has 1 saturated carbocycles. The summed E-state index contributed by atoms with van der Waals surface area (Å²) in [6, 6.07) is 0.550. The molecule has 4 atom stereocenters. The van der Waals surface area contributed by atoms with Crippen molar-refractivity contribution in [2.45, 2.75) is 58.8 Å². The van der Waals surface area contributed by atoms with Crippen molar-refractivity contribution < 1.29 is 9.47 Å². The quantitative estimate of drug-likeness (QED) is 0.643. The lowest BCUT2D eigenvalue weighted by Crippen LogP contribution is -2.62. The second kappa shape index (κ2) is 7.27. The van der Waals surface area contributed by atoms with Gasteiger partial charge in [0.25, 0.3) is 0 Å². The van der Waals surface area contributed by atoms with Gasteiger partial charge in [0, 0.05) is 24.6 Å². The molecule has 106 valence electrons. The lowest BCUT2D eigenvalue weighted by atomic mass is 9.61. The summed E-state index contributed by atoms with van der Waals surface area (Å²) < 4.78 is 11.4. The summed E-state index contributed by atoms with van der Waals surface area (Å²) in [4.78, 5) is 0. The molecule has 3 heteroatoms. The number of hydrogen-bond acceptors (Lipinski definition) is 3. The van der Waals surface area contributed by atoms with E-state index in [4.69, 9.17) is 9.47 Å². The molecular formula is C15H29NO2. The van der Waals surface area contributed by atoms with Crippen LogP contribution in [0, 0.1) is 5.41 Å². The molecule has 0 radical (unpaired) electrons. The molecule has 0 aromatic heterocycles. The zero-order valence-corrected chi connectivity index (χ0v) is 12.4. The fourth-order valence-electron chi connectivity index (χ4n) is 2.67. The van der Waals surface area contributed by atoms with Crippen LogP contribution >= 0.6 is 0 Å². The average molecular weight is 255 g/mol. The highest BCUT2D eigenvalue weighted by Crippen LogP contribution is 2.45. The van der Waals surface area contributed by atoms with Crippen molar-refractivity contribution in [3.05, 3.63) is 12.7 Å². The molecule has 1 rings (SSSR count). The molecule has 0 aromatic rings. The van der Waals surface area contributed by atoms with E-state index in [-0.39, 0.29) is 11.5 Å². The van der Waals surface area contributed by atoms with Gasteiger partial charge < -0.3 is 14.8 Å². The van der Waals surface area contributed by atoms with E-state index >= 15 is 0 Å². The van der Waals surface area contributed by atoms with Crippen molar-refractivity contribution in [3.8, 4) is 0 Å². The topological polar surface area (TPSA) is 30.5 Å². The first kappa shape index (κ1) is 15.7. The van der Waals surface area contributed by atoms with Crippen molar-refractivity contribution in [2.24, 2.45) is 5.41 Å². The van der Waals surface area contributed by atoms with E-state index in [2.05, 4.69) is 39.6 Å². The number of hydrogen-bond donors (Lipinski definition) is 1. The van der Waals surface area contributed by atoms with Gasteiger partial charge in [0.1, 0.15) is 0 Å². The van der Waals surface area contributed by atoms with E-state index in [9.17, 15) is 0 Å². The molecule has 3 nitrogen and oxygen atoms in total. The van der Waals surface area contributed by atoms with Crippen LogP contribution < -0.4 is 5.32 Å². The van der Waals surface area contributed by atoms with Crippen LogP contribution in [-0.4, -0.2) is 38.0 Å². The molecule has 0 saturated heterocycles. The first-order valence-corrected chi connectivity index (χ1v) is 7.15. The van der Waals surface area contributed by atoms with Gasteiger partial charge in [0.15, 0.2) is 0 Å². The summed E-state index contributed by atoms with van der Waals surface area (Å²) in [5.74, 6) is 0. The predicted octanol–water partition coefficient (Wildman–Crippen LogP) is 2.76. The van der Waals surface area contributed by atoms with Crippen LogP contribution in [0.2, 0.25) is 0 Å². The maximum Gasteiger partial charge on any atom is 0.0675 e. The average Bonchev–Trinajstić information content (AvgIpc) is 2.38. The first-order valence-electron chi connectivity index (χ1n) is 7.15. The van der Waals surface area contributed by atoms with Crippen molar-refractivity contribution >= 4 is 0 Å². The van der Waals surface area contributed by atoms with E-state index in [0.29, 0.717) is 18.8 Å². The van der Waals surface area contributed by atoms with Crippen molar-refractivity contribution in [1.82, 2.24) is 5.32 Å². The summed E-state index contributed by atoms with van der Waals surface area (Å²) in [5.41, 5.74) is 0.272. The van der Waals surface area contributed by atoms with Gasteiger partial charge in [-0.1, -0.05) is 19.9 Å². The number of rotatable bonds is 9. The lowest BCUT2D eigenvalue weighted by molar-refractivity contribution is -0.127. The van der Waals surface area contributed by atoms with Gasteiger partial charge in [-0.2, -0.15) is 0 Å². The fourth-order valence-corrected chi connectivity index (χ4v) is 2.67. The Bertz CT molecular complexity index is 257. The van der Waals surface area contributed by atoms with E-state index in [1.165, 1.54) is 0 Å². The molecule has 0 heterocycles. The normalized spacial score (nSPS) is 32.9. The standard InChI is InChI=1S/C15H29NO2/c1-6-9-18-12(4)11-16-13-10-14(17-8-3)15(13,5)7-2/h6,12-14,16H,1,7-11H2,2-5H3. The Balaban J connectivity index is 2.33. The fraction of sp³-hybridized carbons (Fsp3) is 0.867. The zero-order valence-electron chi connectivity index (χ0n) is 12.4. The van der Waals surface area contributed by atoms with Crippen LogP contribution in [0.15, 0.2) is 12.7 Å². The number of nitrogens with one attached hydrogen (secondary N) is 1. The molecule has 1 aliphatic rings. The largest absolute Gasteiger partial charge is 0.378 e. The second-order valence-electron chi connectivity index (χ2n) is 5.43. The molecule has 0 bridgehead atoms. The van der Waals surface area contributed by atoms with E-state index in [0.717, 1.165) is 26.0 Å². The van der Waals surface area contributed by atoms with Gasteiger partial charge in [-0.3, -0.25) is 0 Å². The Morgan fingerprint density at radius 3 is 2.78 bits per heavy atom. The van der Waals surface area contributed by atoms with E-state index < -0.39 is 0 Å². The minimum Gasteiger partial charge on any atom is -0.378 e. The Labute approximate surface area is 112 Å². The Morgan fingerprint density at radius 2 is 2.22 bits per heavy atom. The van der Waals surface area contributed by atoms with Gasteiger partial charge >= 0.3 is 0 Å². The summed E-state index contributed by atoms with van der Waals surface area (Å²) in [6.07, 6.45) is 4.70. The van der Waals surface area contributed by atoms with Gasteiger partial charge in [0.05, 0.1) is 18.8 Å². The van der Waals surface area contributed by atoms with Crippen LogP contribution in [0.4, 0.5) is 0 Å². The summed E-state index contributed by atoms with van der Waals surface area (Å²) in [7, 11) is 0. The minimum absolute atomic E-state index is 0.232. The molecule has 0 aliphatic heterocycles. The van der Waals surface area contributed by atoms with Gasteiger partial charge in [-0.15, -0.1) is 6.58 Å². The third-order valence-corrected chi connectivity index (χ3v) is 4.26. The predicted molar refractivity (Wildman–Crippen MR) is 75.8 cm³/mol. The smallest absolute Gasteiger partial charge is 0.0675 e. The molecule has 1 aliphatic carbocycles. The third-order valence-electron chi connectivity index (χ3n) is 4.26. The second-order valence-corrected chi connectivity index (χ2v) is 5.43. The van der Waals surface area contributed by atoms with Crippen molar-refractivity contribution in [3.63, 3.8) is 0 Å². The third kappa shape index (κ3) is 3.56. The van der Waals surface area contributed by atoms with Crippen LogP contribution in [0.3, 0.4) is 0 Å². The van der Waals surface area contributed by atoms with Gasteiger partial charge in [0.2, 0.25) is 0 Å². The zero-order chi connectivity index (χ0) is 13.6. The molecule has 0 spiro atoms. The first-order chi connectivity index (χ1) is 8.58. The van der Waals surface area contributed by atoms with Crippen molar-refractivity contribution in [1.29, 1.82) is 0 Å². The highest BCUT2D eigenvalue weighted by molar-refractivity contribution is 5.04. The Hall–Kier alpha value is -0.380. The Morgan fingerprint density at radius 1 is 1.50 bits per heavy atom. The maximum atomic E-state index is 5.80. The van der Waals surface area contributed by atoms with E-state index in [1.54, 1.807) is 6.08 Å². The molecule has 4 unspecified atom stereocenters. The highest BCUT2D eigenvalue weighted by Gasteiger charge is 2.50. The summed E-state index contributed by atoms with van der Waals surface area (Å²) in [6.45, 7) is 14.7. The molecule has 1 N–H and O–H groups in total. The molecular weight excluding hydrogens is 226 g/mol. The van der Waals surface area contributed by atoms with Crippen LogP contribution in [0.25, 0.3) is 0 Å². The molecule has 18 heavy (non-hydrogen) atoms. The maximum absolute atomic E-state index is 5.80. The molecule has 0 aromatic carbocycles. The summed E-state index contributed by atoms with van der Waals surface area (Å²) in [5, 5.41) is 3.62. The highest BCUT2D eigenvalue weighted by atomic mass is 16.5. The Kier molecular flexibility index (Phi) is 6.33. The van der Waals surface area contributed by atoms with Crippen LogP contribution in [-0.2, 0) is 9.47 Å². The SMILES string of the molecule is C=CCOC(C)CNC1CC(OCC)C1(C)CC. The van der Waals surface area contributed by atoms with Crippen molar-refractivity contribution in [2.75, 3.05) is 19.8 Å². The van der Waals surface area contributed by atoms with Crippen LogP contribution in [0.5, 0.6) is 0 Å². The summed E-state index contributed by atoms with van der Waals surface area (Å²) >= 11 is 0. The lowest BCUT2D eigenvalue weighted by Gasteiger charge is -2.54. The molecule has 1 fully saturated rings. The minimum atomic E-state index is 0.232. The monoisotopic (exact) mass is 255 g/mol. The van der Waals surface area contributed by atoms with Gasteiger partial charge in [-0.05, 0) is 26.7 Å². The van der Waals surface area contributed by atoms with Crippen LogP contribution in [0.1, 0.15) is 40.5 Å². The molecule has 0 amide bonds. The van der Waals surface area contributed by atoms with Gasteiger partial charge in [-0.25, -0.2) is 0 Å². The number of ether oxygens (including phenoxy) is 2.